The Bertz CT molecular complexity index is 1360. The summed E-state index contributed by atoms with van der Waals surface area (Å²) in [7, 11) is 0. The lowest BCUT2D eigenvalue weighted by atomic mass is 10.0. The van der Waals surface area contributed by atoms with Gasteiger partial charge < -0.3 is 14.2 Å². The van der Waals surface area contributed by atoms with Crippen LogP contribution in [0.2, 0.25) is 0 Å². The summed E-state index contributed by atoms with van der Waals surface area (Å²) >= 11 is 0. The van der Waals surface area contributed by atoms with E-state index < -0.39 is 6.10 Å². The number of hydrogen-bond acceptors (Lipinski definition) is 6. The predicted molar refractivity (Wildman–Crippen MR) is 330 cm³/mol. The van der Waals surface area contributed by atoms with E-state index in [0.717, 1.165) is 103 Å². The van der Waals surface area contributed by atoms with Gasteiger partial charge in [-0.05, 0) is 83.5 Å². The van der Waals surface area contributed by atoms with Gasteiger partial charge in [-0.25, -0.2) is 0 Å². The number of carbonyl (C=O) groups excluding carboxylic acids is 3. The first-order valence-electron chi connectivity index (χ1n) is 33.3. The van der Waals surface area contributed by atoms with Gasteiger partial charge in [-0.15, -0.1) is 0 Å². The minimum Gasteiger partial charge on any atom is -0.462 e. The van der Waals surface area contributed by atoms with Crippen molar-refractivity contribution in [3.8, 4) is 0 Å². The molecule has 1 unspecified atom stereocenters. The zero-order valence-corrected chi connectivity index (χ0v) is 50.8. The number of esters is 3. The van der Waals surface area contributed by atoms with Crippen LogP contribution in [0.3, 0.4) is 0 Å². The number of allylic oxidation sites excluding steroid dienone is 10. The highest BCUT2D eigenvalue weighted by atomic mass is 16.6. The van der Waals surface area contributed by atoms with Gasteiger partial charge >= 0.3 is 17.9 Å². The summed E-state index contributed by atoms with van der Waals surface area (Å²) in [5.41, 5.74) is 0. The van der Waals surface area contributed by atoms with Crippen molar-refractivity contribution >= 4 is 17.9 Å². The molecule has 0 aliphatic carbocycles. The number of rotatable bonds is 61. The zero-order chi connectivity index (χ0) is 55.0. The van der Waals surface area contributed by atoms with Crippen LogP contribution < -0.4 is 0 Å². The van der Waals surface area contributed by atoms with Crippen molar-refractivity contribution in [3.05, 3.63) is 60.8 Å². The maximum absolute atomic E-state index is 12.9. The molecule has 76 heavy (non-hydrogen) atoms. The third-order valence-electron chi connectivity index (χ3n) is 14.8. The van der Waals surface area contributed by atoms with Crippen LogP contribution in [-0.4, -0.2) is 37.2 Å². The molecule has 0 aromatic rings. The molecule has 6 nitrogen and oxygen atoms in total. The summed E-state index contributed by atoms with van der Waals surface area (Å²) in [5, 5.41) is 0. The summed E-state index contributed by atoms with van der Waals surface area (Å²) in [6.07, 6.45) is 82.4. The molecule has 0 aromatic carbocycles. The standard InChI is InChI=1S/C70H126O6/c1-4-7-10-13-16-19-22-25-28-31-32-33-34-35-36-37-38-40-42-45-48-51-54-57-60-63-69(72)75-66-67(65-74-68(71)62-59-56-53-50-47-44-41-30-27-24-21-18-15-12-9-6-3)76-70(73)64-61-58-55-52-49-46-43-39-29-26-23-20-17-14-11-8-5-2/h8,11,17,20-21,24,26,29-30,41,67H,4-7,9-10,12-16,18-19,22-23,25,27-28,31-40,42-66H2,1-3H3/b11-8-,20-17-,24-21-,29-26-,41-30-. The highest BCUT2D eigenvalue weighted by Gasteiger charge is 2.19. The molecule has 0 aliphatic rings. The van der Waals surface area contributed by atoms with Crippen molar-refractivity contribution in [3.63, 3.8) is 0 Å². The molecule has 1 atom stereocenters. The third kappa shape index (κ3) is 62.0. The fourth-order valence-corrected chi connectivity index (χ4v) is 9.79. The third-order valence-corrected chi connectivity index (χ3v) is 14.8. The van der Waals surface area contributed by atoms with Gasteiger partial charge in [0.1, 0.15) is 13.2 Å². The molecule has 0 spiro atoms. The van der Waals surface area contributed by atoms with Gasteiger partial charge in [0.2, 0.25) is 0 Å². The van der Waals surface area contributed by atoms with Crippen LogP contribution in [0.1, 0.15) is 348 Å². The quantitative estimate of drug-likeness (QED) is 0.0261. The van der Waals surface area contributed by atoms with Gasteiger partial charge in [0.05, 0.1) is 0 Å². The topological polar surface area (TPSA) is 78.9 Å². The molecule has 0 bridgehead atoms. The summed E-state index contributed by atoms with van der Waals surface area (Å²) < 4.78 is 16.9. The van der Waals surface area contributed by atoms with Crippen LogP contribution >= 0.6 is 0 Å². The van der Waals surface area contributed by atoms with Crippen LogP contribution in [-0.2, 0) is 28.6 Å². The van der Waals surface area contributed by atoms with E-state index in [1.807, 2.05) is 0 Å². The van der Waals surface area contributed by atoms with Crippen LogP contribution in [0.15, 0.2) is 60.8 Å². The largest absolute Gasteiger partial charge is 0.462 e. The molecule has 0 aliphatic heterocycles. The monoisotopic (exact) mass is 1060 g/mol. The average Bonchev–Trinajstić information content (AvgIpc) is 3.42. The van der Waals surface area contributed by atoms with Crippen molar-refractivity contribution < 1.29 is 28.6 Å². The number of ether oxygens (including phenoxy) is 3. The Morgan fingerprint density at radius 3 is 0.816 bits per heavy atom. The molecule has 0 heterocycles. The first-order chi connectivity index (χ1) is 37.5. The molecular formula is C70H126O6. The van der Waals surface area contributed by atoms with E-state index in [4.69, 9.17) is 14.2 Å². The highest BCUT2D eigenvalue weighted by molar-refractivity contribution is 5.71. The molecular weight excluding hydrogens is 937 g/mol. The Morgan fingerprint density at radius 2 is 0.513 bits per heavy atom. The van der Waals surface area contributed by atoms with Gasteiger partial charge in [-0.3, -0.25) is 14.4 Å². The van der Waals surface area contributed by atoms with Crippen LogP contribution in [0.25, 0.3) is 0 Å². The Hall–Kier alpha value is -2.89. The van der Waals surface area contributed by atoms with E-state index in [1.54, 1.807) is 0 Å². The second-order valence-electron chi connectivity index (χ2n) is 22.4. The molecule has 0 aromatic heterocycles. The van der Waals surface area contributed by atoms with Crippen LogP contribution in [0, 0.1) is 0 Å². The molecule has 6 heteroatoms. The number of carbonyl (C=O) groups is 3. The smallest absolute Gasteiger partial charge is 0.306 e. The first kappa shape index (κ1) is 73.1. The number of unbranched alkanes of at least 4 members (excludes halogenated alkanes) is 40. The number of hydrogen-bond donors (Lipinski definition) is 0. The Morgan fingerprint density at radius 1 is 0.276 bits per heavy atom. The molecule has 0 fully saturated rings. The molecule has 0 amide bonds. The molecule has 442 valence electrons. The summed E-state index contributed by atoms with van der Waals surface area (Å²) in [6.45, 7) is 6.55. The molecule has 0 N–H and O–H groups in total. The fraction of sp³-hybridized carbons (Fsp3) is 0.814. The second kappa shape index (κ2) is 64.6. The Kier molecular flexibility index (Phi) is 62.2. The SMILES string of the molecule is CC/C=C\C/C=C\C/C=C\CCCCCCCCCC(=O)OC(COC(=O)CCCCCCC/C=C\C/C=C\CCCCCC)COC(=O)CCCCCCCCCCCCCCCCCCCCCCCCCCC. The highest BCUT2D eigenvalue weighted by Crippen LogP contribution is 2.18. The van der Waals surface area contributed by atoms with Crippen molar-refractivity contribution in [1.82, 2.24) is 0 Å². The van der Waals surface area contributed by atoms with E-state index >= 15 is 0 Å². The molecule has 0 saturated heterocycles. The fourth-order valence-electron chi connectivity index (χ4n) is 9.79. The lowest BCUT2D eigenvalue weighted by molar-refractivity contribution is -0.167. The Labute approximate surface area is 472 Å². The molecule has 0 saturated carbocycles. The minimum absolute atomic E-state index is 0.0798. The van der Waals surface area contributed by atoms with Gasteiger partial charge in [0.25, 0.3) is 0 Å². The minimum atomic E-state index is -0.785. The lowest BCUT2D eigenvalue weighted by Gasteiger charge is -2.18. The molecule has 0 rings (SSSR count). The maximum atomic E-state index is 12.9. The van der Waals surface area contributed by atoms with Gasteiger partial charge in [-0.1, -0.05) is 306 Å². The summed E-state index contributed by atoms with van der Waals surface area (Å²) in [6, 6.07) is 0. The van der Waals surface area contributed by atoms with Crippen molar-refractivity contribution in [2.75, 3.05) is 13.2 Å². The van der Waals surface area contributed by atoms with Crippen LogP contribution in [0.4, 0.5) is 0 Å². The zero-order valence-electron chi connectivity index (χ0n) is 50.8. The van der Waals surface area contributed by atoms with E-state index in [0.29, 0.717) is 19.3 Å². The van der Waals surface area contributed by atoms with Crippen molar-refractivity contribution in [2.45, 2.75) is 354 Å². The normalized spacial score (nSPS) is 12.4. The van der Waals surface area contributed by atoms with E-state index in [1.165, 1.54) is 205 Å². The van der Waals surface area contributed by atoms with Gasteiger partial charge in [0, 0.05) is 19.3 Å². The summed E-state index contributed by atoms with van der Waals surface area (Å²) in [4.78, 5) is 38.4. The van der Waals surface area contributed by atoms with Crippen molar-refractivity contribution in [2.24, 2.45) is 0 Å². The van der Waals surface area contributed by atoms with Crippen molar-refractivity contribution in [1.29, 1.82) is 0 Å². The Balaban J connectivity index is 4.29. The second-order valence-corrected chi connectivity index (χ2v) is 22.4. The van der Waals surface area contributed by atoms with E-state index in [-0.39, 0.29) is 31.1 Å². The lowest BCUT2D eigenvalue weighted by Crippen LogP contribution is -2.30. The summed E-state index contributed by atoms with van der Waals surface area (Å²) in [5.74, 6) is -0.884. The maximum Gasteiger partial charge on any atom is 0.306 e. The van der Waals surface area contributed by atoms with Gasteiger partial charge in [0.15, 0.2) is 6.10 Å². The average molecular weight is 1060 g/mol. The van der Waals surface area contributed by atoms with E-state index in [9.17, 15) is 14.4 Å². The first-order valence-corrected chi connectivity index (χ1v) is 33.3. The predicted octanol–water partition coefficient (Wildman–Crippen LogP) is 22.7. The van der Waals surface area contributed by atoms with Crippen LogP contribution in [0.5, 0.6) is 0 Å². The van der Waals surface area contributed by atoms with E-state index in [2.05, 4.69) is 81.5 Å². The van der Waals surface area contributed by atoms with Gasteiger partial charge in [-0.2, -0.15) is 0 Å². The molecule has 0 radical (unpaired) electrons.